The van der Waals surface area contributed by atoms with Crippen molar-refractivity contribution in [2.24, 2.45) is 0 Å². The highest BCUT2D eigenvalue weighted by Gasteiger charge is 2.21. The molecule has 0 saturated carbocycles. The summed E-state index contributed by atoms with van der Waals surface area (Å²) in [6, 6.07) is 87.6. The normalized spacial score (nSPS) is 12.0. The zero-order valence-corrected chi connectivity index (χ0v) is 37.8. The standard InChI is InChI=1S/C66H40N2O2/c1-3-15-45-35-49(27-23-41(45)11-1)67(61-21-9-17-43-13-5-7-19-53(43)61)51-29-33-55-47(37-51)25-31-57-59-39-60-58-32-26-48-38-52(30-34-56(48)66(58)70-64(60)40-63(59)69-65(55)57)68(50-28-24-42-12-2-4-16-46(42)36-50)62-22-10-18-44-14-6-8-20-54(44)62/h1-40H. The molecule has 0 unspecified atom stereocenters. The number of hydrogen-bond acceptors (Lipinski definition) is 4. The quantitative estimate of drug-likeness (QED) is 0.166. The molecule has 0 atom stereocenters. The van der Waals surface area contributed by atoms with Gasteiger partial charge in [-0.3, -0.25) is 0 Å². The number of furan rings is 2. The largest absolute Gasteiger partial charge is 0.455 e. The second-order valence-corrected chi connectivity index (χ2v) is 18.5. The third kappa shape index (κ3) is 5.97. The number of fused-ring (bicyclic) bond motifs is 14. The van der Waals surface area contributed by atoms with E-state index in [4.69, 9.17) is 8.83 Å². The van der Waals surface area contributed by atoms with Crippen molar-refractivity contribution in [1.82, 2.24) is 0 Å². The van der Waals surface area contributed by atoms with Crippen molar-refractivity contribution in [2.75, 3.05) is 9.80 Å². The van der Waals surface area contributed by atoms with Crippen LogP contribution in [-0.2, 0) is 0 Å². The van der Waals surface area contributed by atoms with Gasteiger partial charge in [-0.15, -0.1) is 0 Å². The van der Waals surface area contributed by atoms with Gasteiger partial charge in [0.15, 0.2) is 0 Å². The monoisotopic (exact) mass is 892 g/mol. The molecule has 15 rings (SSSR count). The molecular weight excluding hydrogens is 853 g/mol. The van der Waals surface area contributed by atoms with E-state index in [2.05, 4.69) is 252 Å². The van der Waals surface area contributed by atoms with Crippen LogP contribution < -0.4 is 9.80 Å². The van der Waals surface area contributed by atoms with Crippen molar-refractivity contribution in [3.63, 3.8) is 0 Å². The van der Waals surface area contributed by atoms with Crippen molar-refractivity contribution in [1.29, 1.82) is 0 Å². The van der Waals surface area contributed by atoms with Crippen LogP contribution in [0.2, 0.25) is 0 Å². The Hall–Kier alpha value is -9.38. The Labute approximate surface area is 402 Å². The molecule has 15 aromatic rings. The summed E-state index contributed by atoms with van der Waals surface area (Å²) >= 11 is 0. The van der Waals surface area contributed by atoms with Gasteiger partial charge in [0, 0.05) is 71.9 Å². The molecule has 2 heterocycles. The fourth-order valence-corrected chi connectivity index (χ4v) is 11.2. The van der Waals surface area contributed by atoms with Crippen LogP contribution >= 0.6 is 0 Å². The average molecular weight is 893 g/mol. The Morgan fingerprint density at radius 3 is 1.04 bits per heavy atom. The zero-order chi connectivity index (χ0) is 45.9. The van der Waals surface area contributed by atoms with Gasteiger partial charge in [-0.05, 0) is 134 Å². The molecule has 2 aromatic heterocycles. The van der Waals surface area contributed by atoms with Crippen LogP contribution in [0, 0.1) is 0 Å². The van der Waals surface area contributed by atoms with Gasteiger partial charge in [0.2, 0.25) is 0 Å². The van der Waals surface area contributed by atoms with Crippen LogP contribution in [0.1, 0.15) is 0 Å². The van der Waals surface area contributed by atoms with Crippen LogP contribution in [0.15, 0.2) is 251 Å². The maximum Gasteiger partial charge on any atom is 0.143 e. The van der Waals surface area contributed by atoms with Gasteiger partial charge in [0.25, 0.3) is 0 Å². The van der Waals surface area contributed by atoms with Crippen molar-refractivity contribution < 1.29 is 8.83 Å². The van der Waals surface area contributed by atoms with E-state index in [1.165, 1.54) is 43.1 Å². The molecule has 0 aliphatic carbocycles. The van der Waals surface area contributed by atoms with Gasteiger partial charge in [-0.2, -0.15) is 0 Å². The van der Waals surface area contributed by atoms with Gasteiger partial charge < -0.3 is 18.6 Å². The van der Waals surface area contributed by atoms with E-state index in [1.54, 1.807) is 0 Å². The number of anilines is 6. The van der Waals surface area contributed by atoms with E-state index >= 15 is 0 Å². The molecule has 0 fully saturated rings. The summed E-state index contributed by atoms with van der Waals surface area (Å²) in [5.74, 6) is 0. The minimum absolute atomic E-state index is 0.805. The lowest BCUT2D eigenvalue weighted by Crippen LogP contribution is -2.10. The summed E-state index contributed by atoms with van der Waals surface area (Å²) in [5.41, 5.74) is 9.97. The summed E-state index contributed by atoms with van der Waals surface area (Å²) < 4.78 is 13.7. The third-order valence-electron chi connectivity index (χ3n) is 14.5. The maximum atomic E-state index is 6.84. The molecule has 70 heavy (non-hydrogen) atoms. The third-order valence-corrected chi connectivity index (χ3v) is 14.5. The average Bonchev–Trinajstić information content (AvgIpc) is 3.98. The van der Waals surface area contributed by atoms with E-state index in [-0.39, 0.29) is 0 Å². The first-order valence-corrected chi connectivity index (χ1v) is 23.9. The van der Waals surface area contributed by atoms with Crippen LogP contribution in [0.4, 0.5) is 34.1 Å². The van der Waals surface area contributed by atoms with Gasteiger partial charge >= 0.3 is 0 Å². The van der Waals surface area contributed by atoms with Crippen molar-refractivity contribution >= 4 is 143 Å². The molecule has 0 N–H and O–H groups in total. The zero-order valence-electron chi connectivity index (χ0n) is 37.8. The number of nitrogens with zero attached hydrogens (tertiary/aromatic N) is 2. The first-order chi connectivity index (χ1) is 34.7. The van der Waals surface area contributed by atoms with Gasteiger partial charge in [-0.1, -0.05) is 146 Å². The Balaban J connectivity index is 0.843. The predicted octanol–water partition coefficient (Wildman–Crippen LogP) is 19.3. The molecule has 0 spiro atoms. The Kier molecular flexibility index (Phi) is 8.33. The summed E-state index contributed by atoms with van der Waals surface area (Å²) in [6.07, 6.45) is 0. The van der Waals surface area contributed by atoms with Crippen LogP contribution in [0.5, 0.6) is 0 Å². The molecule has 4 nitrogen and oxygen atoms in total. The Morgan fingerprint density at radius 2 is 0.571 bits per heavy atom. The predicted molar refractivity (Wildman–Crippen MR) is 295 cm³/mol. The second kappa shape index (κ2) is 15.1. The molecule has 0 aliphatic heterocycles. The summed E-state index contributed by atoms with van der Waals surface area (Å²) in [6.45, 7) is 0. The fraction of sp³-hybridized carbons (Fsp3) is 0. The molecule has 0 bridgehead atoms. The second-order valence-electron chi connectivity index (χ2n) is 18.5. The highest BCUT2D eigenvalue weighted by atomic mass is 16.3. The summed E-state index contributed by atoms with van der Waals surface area (Å²) in [4.78, 5) is 4.76. The highest BCUT2D eigenvalue weighted by Crippen LogP contribution is 2.46. The SMILES string of the molecule is c1ccc2cc(N(c3ccc4c(ccc5c6cc7c(cc6oc45)oc4c5ccc(N(c6ccc8ccccc8c6)c6cccc8ccccc68)cc5ccc74)c3)c3cccc4ccccc34)ccc2c1. The number of benzene rings is 13. The molecule has 4 heteroatoms. The van der Waals surface area contributed by atoms with Crippen LogP contribution in [-0.4, -0.2) is 0 Å². The smallest absolute Gasteiger partial charge is 0.143 e. The maximum absolute atomic E-state index is 6.84. The molecule has 13 aromatic carbocycles. The lowest BCUT2D eigenvalue weighted by Gasteiger charge is -2.27. The molecule has 326 valence electrons. The summed E-state index contributed by atoms with van der Waals surface area (Å²) in [5, 5.41) is 18.3. The molecular formula is C66H40N2O2. The summed E-state index contributed by atoms with van der Waals surface area (Å²) in [7, 11) is 0. The Morgan fingerprint density at radius 1 is 0.214 bits per heavy atom. The van der Waals surface area contributed by atoms with Crippen molar-refractivity contribution in [3.05, 3.63) is 243 Å². The van der Waals surface area contributed by atoms with Crippen LogP contribution in [0.25, 0.3) is 109 Å². The van der Waals surface area contributed by atoms with Gasteiger partial charge in [0.05, 0.1) is 11.4 Å². The number of rotatable bonds is 6. The molecule has 0 amide bonds. The topological polar surface area (TPSA) is 32.8 Å². The van der Waals surface area contributed by atoms with Gasteiger partial charge in [0.1, 0.15) is 22.3 Å². The van der Waals surface area contributed by atoms with Crippen molar-refractivity contribution in [3.8, 4) is 0 Å². The minimum Gasteiger partial charge on any atom is -0.455 e. The van der Waals surface area contributed by atoms with Gasteiger partial charge in [-0.25, -0.2) is 0 Å². The highest BCUT2D eigenvalue weighted by molar-refractivity contribution is 6.22. The first kappa shape index (κ1) is 38.7. The number of hydrogen-bond donors (Lipinski definition) is 0. The van der Waals surface area contributed by atoms with Crippen molar-refractivity contribution in [2.45, 2.75) is 0 Å². The van der Waals surface area contributed by atoms with Crippen LogP contribution in [0.3, 0.4) is 0 Å². The van der Waals surface area contributed by atoms with E-state index in [9.17, 15) is 0 Å². The molecule has 0 radical (unpaired) electrons. The van der Waals surface area contributed by atoms with E-state index in [0.29, 0.717) is 0 Å². The lowest BCUT2D eigenvalue weighted by molar-refractivity contribution is 0.660. The first-order valence-electron chi connectivity index (χ1n) is 23.9. The Bertz CT molecular complexity index is 4340. The van der Waals surface area contributed by atoms with E-state index < -0.39 is 0 Å². The fourth-order valence-electron chi connectivity index (χ4n) is 11.2. The van der Waals surface area contributed by atoms with E-state index in [1.807, 2.05) is 0 Å². The molecule has 0 saturated heterocycles. The lowest BCUT2D eigenvalue weighted by atomic mass is 10.0. The minimum atomic E-state index is 0.805. The van der Waals surface area contributed by atoms with E-state index in [0.717, 1.165) is 99.5 Å². The molecule has 0 aliphatic rings.